The third kappa shape index (κ3) is 6.18. The highest BCUT2D eigenvalue weighted by Gasteiger charge is 2.16. The van der Waals surface area contributed by atoms with Crippen LogP contribution >= 0.6 is 23.2 Å². The van der Waals surface area contributed by atoms with Crippen LogP contribution < -0.4 is 14.9 Å². The Morgan fingerprint density at radius 3 is 2.51 bits per heavy atom. The van der Waals surface area contributed by atoms with Crippen LogP contribution in [0.5, 0.6) is 11.5 Å². The molecule has 0 fully saturated rings. The van der Waals surface area contributed by atoms with Crippen molar-refractivity contribution in [1.82, 2.24) is 5.43 Å². The molecular formula is C27H20Cl2N2O4. The maximum atomic E-state index is 12.8. The zero-order valence-electron chi connectivity index (χ0n) is 18.6. The van der Waals surface area contributed by atoms with Crippen LogP contribution in [-0.2, 0) is 4.79 Å². The van der Waals surface area contributed by atoms with Crippen molar-refractivity contribution in [2.45, 2.75) is 6.92 Å². The first-order valence-electron chi connectivity index (χ1n) is 10.6. The van der Waals surface area contributed by atoms with Crippen LogP contribution in [0.1, 0.15) is 21.5 Å². The third-order valence-electron chi connectivity index (χ3n) is 5.06. The van der Waals surface area contributed by atoms with Crippen molar-refractivity contribution in [3.05, 3.63) is 106 Å². The molecule has 4 aromatic carbocycles. The summed E-state index contributed by atoms with van der Waals surface area (Å²) in [5.41, 5.74) is 4.22. The number of carbonyl (C=O) groups is 2. The Labute approximate surface area is 212 Å². The van der Waals surface area contributed by atoms with E-state index in [-0.39, 0.29) is 22.9 Å². The molecule has 35 heavy (non-hydrogen) atoms. The molecule has 6 nitrogen and oxygen atoms in total. The second-order valence-corrected chi connectivity index (χ2v) is 8.45. The molecule has 0 saturated carbocycles. The quantitative estimate of drug-likeness (QED) is 0.140. The molecule has 0 atom stereocenters. The van der Waals surface area contributed by atoms with Gasteiger partial charge in [-0.2, -0.15) is 5.10 Å². The molecule has 0 spiro atoms. The summed E-state index contributed by atoms with van der Waals surface area (Å²) in [6.07, 6.45) is 1.43. The van der Waals surface area contributed by atoms with Crippen LogP contribution in [0.2, 0.25) is 10.0 Å². The van der Waals surface area contributed by atoms with E-state index < -0.39 is 11.9 Å². The van der Waals surface area contributed by atoms with Gasteiger partial charge in [0.25, 0.3) is 5.91 Å². The number of nitrogens with one attached hydrogen (secondary N) is 1. The number of halogens is 2. The molecule has 0 aliphatic carbocycles. The first-order valence-corrected chi connectivity index (χ1v) is 11.4. The number of ether oxygens (including phenoxy) is 2. The molecule has 0 aliphatic rings. The van der Waals surface area contributed by atoms with E-state index in [9.17, 15) is 9.59 Å². The Morgan fingerprint density at radius 1 is 0.971 bits per heavy atom. The maximum absolute atomic E-state index is 12.8. The topological polar surface area (TPSA) is 77.0 Å². The molecule has 0 aromatic heterocycles. The smallest absolute Gasteiger partial charge is 0.345 e. The fourth-order valence-electron chi connectivity index (χ4n) is 3.29. The number of nitrogens with zero attached hydrogens (tertiary/aromatic N) is 1. The van der Waals surface area contributed by atoms with Gasteiger partial charge in [-0.15, -0.1) is 0 Å². The van der Waals surface area contributed by atoms with Gasteiger partial charge in [0.2, 0.25) is 0 Å². The van der Waals surface area contributed by atoms with Gasteiger partial charge in [-0.05, 0) is 54.1 Å². The summed E-state index contributed by atoms with van der Waals surface area (Å²) in [7, 11) is 0. The van der Waals surface area contributed by atoms with E-state index in [0.29, 0.717) is 16.3 Å². The van der Waals surface area contributed by atoms with Gasteiger partial charge in [0.15, 0.2) is 6.61 Å². The second kappa shape index (κ2) is 11.0. The first-order chi connectivity index (χ1) is 16.9. The Hall–Kier alpha value is -3.87. The fourth-order valence-corrected chi connectivity index (χ4v) is 3.78. The molecule has 0 unspecified atom stereocenters. The highest BCUT2D eigenvalue weighted by Crippen LogP contribution is 2.29. The number of hydrogen-bond donors (Lipinski definition) is 1. The van der Waals surface area contributed by atoms with Gasteiger partial charge < -0.3 is 9.47 Å². The molecule has 0 bridgehead atoms. The van der Waals surface area contributed by atoms with Crippen molar-refractivity contribution in [2.24, 2.45) is 5.10 Å². The molecule has 4 rings (SSSR count). The van der Waals surface area contributed by atoms with Crippen molar-refractivity contribution in [3.8, 4) is 11.5 Å². The predicted octanol–water partition coefficient (Wildman–Crippen LogP) is 6.20. The zero-order valence-corrected chi connectivity index (χ0v) is 20.1. The van der Waals surface area contributed by atoms with E-state index in [4.69, 9.17) is 32.7 Å². The molecular weight excluding hydrogens is 487 g/mol. The second-order valence-electron chi connectivity index (χ2n) is 7.61. The third-order valence-corrected chi connectivity index (χ3v) is 5.61. The summed E-state index contributed by atoms with van der Waals surface area (Å²) in [6.45, 7) is 1.76. The van der Waals surface area contributed by atoms with E-state index in [2.05, 4.69) is 10.5 Å². The van der Waals surface area contributed by atoms with Crippen LogP contribution in [0.15, 0.2) is 84.0 Å². The number of rotatable bonds is 7. The highest BCUT2D eigenvalue weighted by atomic mass is 35.5. The van der Waals surface area contributed by atoms with E-state index in [1.807, 2.05) is 49.4 Å². The van der Waals surface area contributed by atoms with Gasteiger partial charge in [0.1, 0.15) is 11.5 Å². The van der Waals surface area contributed by atoms with Crippen LogP contribution in [0.3, 0.4) is 0 Å². The highest BCUT2D eigenvalue weighted by molar-refractivity contribution is 6.36. The summed E-state index contributed by atoms with van der Waals surface area (Å²) < 4.78 is 11.1. The van der Waals surface area contributed by atoms with E-state index in [1.165, 1.54) is 18.3 Å². The van der Waals surface area contributed by atoms with E-state index in [0.717, 1.165) is 16.3 Å². The molecule has 0 aliphatic heterocycles. The number of carbonyl (C=O) groups excluding carboxylic acids is 2. The van der Waals surface area contributed by atoms with Crippen molar-refractivity contribution in [3.63, 3.8) is 0 Å². The Kier molecular flexibility index (Phi) is 7.65. The van der Waals surface area contributed by atoms with Crippen molar-refractivity contribution < 1.29 is 19.1 Å². The Balaban J connectivity index is 1.52. The average molecular weight is 507 g/mol. The lowest BCUT2D eigenvalue weighted by atomic mass is 10.0. The summed E-state index contributed by atoms with van der Waals surface area (Å²) in [6, 6.07) is 22.9. The number of esters is 1. The largest absolute Gasteiger partial charge is 0.484 e. The van der Waals surface area contributed by atoms with Crippen molar-refractivity contribution >= 4 is 52.1 Å². The monoisotopic (exact) mass is 506 g/mol. The minimum Gasteiger partial charge on any atom is -0.484 e. The summed E-state index contributed by atoms with van der Waals surface area (Å²) in [4.78, 5) is 25.0. The van der Waals surface area contributed by atoms with E-state index >= 15 is 0 Å². The summed E-state index contributed by atoms with van der Waals surface area (Å²) in [5.74, 6) is -0.242. The molecule has 1 N–H and O–H groups in total. The van der Waals surface area contributed by atoms with Gasteiger partial charge >= 0.3 is 5.97 Å². The number of amides is 1. The van der Waals surface area contributed by atoms with Crippen LogP contribution in [0.25, 0.3) is 10.8 Å². The fraction of sp³-hybridized carbons (Fsp3) is 0.0741. The van der Waals surface area contributed by atoms with Gasteiger partial charge in [0, 0.05) is 10.6 Å². The number of fused-ring (bicyclic) bond motifs is 1. The molecule has 4 aromatic rings. The number of hydrogen-bond acceptors (Lipinski definition) is 5. The molecule has 1 amide bonds. The molecule has 0 radical (unpaired) electrons. The van der Waals surface area contributed by atoms with Crippen LogP contribution in [-0.4, -0.2) is 24.7 Å². The number of hydrazone groups is 1. The normalized spacial score (nSPS) is 10.9. The predicted molar refractivity (Wildman–Crippen MR) is 138 cm³/mol. The first kappa shape index (κ1) is 24.3. The van der Waals surface area contributed by atoms with Gasteiger partial charge in [-0.1, -0.05) is 71.2 Å². The maximum Gasteiger partial charge on any atom is 0.345 e. The number of benzene rings is 4. The van der Waals surface area contributed by atoms with Crippen LogP contribution in [0, 0.1) is 6.92 Å². The lowest BCUT2D eigenvalue weighted by Crippen LogP contribution is -2.24. The minimum absolute atomic E-state index is 0.175. The van der Waals surface area contributed by atoms with Crippen molar-refractivity contribution in [2.75, 3.05) is 6.61 Å². The number of aryl methyl sites for hydroxylation is 1. The van der Waals surface area contributed by atoms with Crippen molar-refractivity contribution in [1.29, 1.82) is 0 Å². The minimum atomic E-state index is -0.646. The van der Waals surface area contributed by atoms with E-state index in [1.54, 1.807) is 24.3 Å². The molecule has 0 saturated heterocycles. The Morgan fingerprint density at radius 2 is 1.74 bits per heavy atom. The summed E-state index contributed by atoms with van der Waals surface area (Å²) >= 11 is 12.1. The lowest BCUT2D eigenvalue weighted by Gasteiger charge is -2.11. The SMILES string of the molecule is Cc1ccc(OCC(=O)NN=Cc2c(OC(=O)c3ccc(Cl)cc3Cl)ccc3ccccc23)cc1. The molecule has 8 heteroatoms. The lowest BCUT2D eigenvalue weighted by molar-refractivity contribution is -0.123. The Bertz CT molecular complexity index is 1420. The zero-order chi connectivity index (χ0) is 24.8. The average Bonchev–Trinajstić information content (AvgIpc) is 2.84. The van der Waals surface area contributed by atoms with Gasteiger partial charge in [-0.3, -0.25) is 4.79 Å². The summed E-state index contributed by atoms with van der Waals surface area (Å²) in [5, 5.41) is 6.33. The molecule has 0 heterocycles. The standard InChI is InChI=1S/C27H20Cl2N2O4/c1-17-6-10-20(11-7-17)34-16-26(32)31-30-15-23-21-5-3-2-4-18(21)8-13-25(23)35-27(33)22-12-9-19(28)14-24(22)29/h2-15H,16H2,1H3,(H,31,32). The van der Waals surface area contributed by atoms with Gasteiger partial charge in [-0.25, -0.2) is 10.2 Å². The molecule has 176 valence electrons. The van der Waals surface area contributed by atoms with Crippen LogP contribution in [0.4, 0.5) is 0 Å². The van der Waals surface area contributed by atoms with Gasteiger partial charge in [0.05, 0.1) is 16.8 Å².